The highest BCUT2D eigenvalue weighted by atomic mass is 16.5. The first-order chi connectivity index (χ1) is 12.8. The fourth-order valence-electron chi connectivity index (χ4n) is 3.38. The number of anilines is 1. The summed E-state index contributed by atoms with van der Waals surface area (Å²) in [5.74, 6) is 1.46. The molecule has 1 saturated heterocycles. The first-order valence-corrected chi connectivity index (χ1v) is 9.15. The summed E-state index contributed by atoms with van der Waals surface area (Å²) in [6.45, 7) is 6.92. The average molecular weight is 348 g/mol. The number of piperazine rings is 1. The predicted octanol–water partition coefficient (Wildman–Crippen LogP) is 3.29. The van der Waals surface area contributed by atoms with Gasteiger partial charge in [-0.2, -0.15) is 4.98 Å². The molecule has 5 heteroatoms. The van der Waals surface area contributed by atoms with Crippen molar-refractivity contribution < 1.29 is 4.52 Å². The van der Waals surface area contributed by atoms with Crippen LogP contribution in [0.2, 0.25) is 0 Å². The van der Waals surface area contributed by atoms with Gasteiger partial charge in [0, 0.05) is 38.3 Å². The van der Waals surface area contributed by atoms with Crippen LogP contribution in [0.4, 0.5) is 5.69 Å². The van der Waals surface area contributed by atoms with Gasteiger partial charge < -0.3 is 9.42 Å². The third kappa shape index (κ3) is 4.11. The van der Waals surface area contributed by atoms with Crippen LogP contribution in [0.5, 0.6) is 0 Å². The molecule has 4 rings (SSSR count). The molecule has 0 atom stereocenters. The molecular weight excluding hydrogens is 324 g/mol. The van der Waals surface area contributed by atoms with Crippen molar-refractivity contribution >= 4 is 5.69 Å². The van der Waals surface area contributed by atoms with Gasteiger partial charge in [0.25, 0.3) is 0 Å². The van der Waals surface area contributed by atoms with E-state index in [0.717, 1.165) is 38.5 Å². The smallest absolute Gasteiger partial charge is 0.240 e. The normalized spacial score (nSPS) is 15.3. The lowest BCUT2D eigenvalue weighted by molar-refractivity contribution is 0.215. The molecule has 5 nitrogen and oxygen atoms in total. The molecule has 1 fully saturated rings. The Balaban J connectivity index is 1.31. The predicted molar refractivity (Wildman–Crippen MR) is 102 cm³/mol. The van der Waals surface area contributed by atoms with Crippen LogP contribution in [0.1, 0.15) is 22.8 Å². The molecule has 1 aliphatic rings. The Bertz CT molecular complexity index is 838. The summed E-state index contributed by atoms with van der Waals surface area (Å²) < 4.78 is 5.45. The quantitative estimate of drug-likeness (QED) is 0.708. The van der Waals surface area contributed by atoms with E-state index in [1.807, 2.05) is 18.2 Å². The molecule has 0 bridgehead atoms. The maximum absolute atomic E-state index is 5.45. The maximum Gasteiger partial charge on any atom is 0.240 e. The minimum atomic E-state index is 0.708. The minimum absolute atomic E-state index is 0.708. The van der Waals surface area contributed by atoms with Crippen LogP contribution < -0.4 is 4.90 Å². The van der Waals surface area contributed by atoms with Crippen LogP contribution in [0.3, 0.4) is 0 Å². The van der Waals surface area contributed by atoms with Crippen LogP contribution in [-0.4, -0.2) is 41.2 Å². The summed E-state index contributed by atoms with van der Waals surface area (Å²) in [6.07, 6.45) is 0.714. The first kappa shape index (κ1) is 16.8. The molecule has 0 spiro atoms. The Morgan fingerprint density at radius 2 is 1.77 bits per heavy atom. The van der Waals surface area contributed by atoms with Crippen molar-refractivity contribution in [1.29, 1.82) is 0 Å². The number of hydrogen-bond donors (Lipinski definition) is 0. The Labute approximate surface area is 154 Å². The van der Waals surface area contributed by atoms with E-state index in [1.165, 1.54) is 16.8 Å². The largest absolute Gasteiger partial charge is 0.369 e. The van der Waals surface area contributed by atoms with Crippen molar-refractivity contribution in [2.75, 3.05) is 31.1 Å². The number of aromatic nitrogens is 2. The summed E-state index contributed by atoms with van der Waals surface area (Å²) in [5.41, 5.74) is 3.82. The molecule has 2 aromatic carbocycles. The van der Waals surface area contributed by atoms with Gasteiger partial charge in [0.05, 0.1) is 6.54 Å². The number of rotatable bonds is 5. The number of nitrogens with zero attached hydrogens (tertiary/aromatic N) is 4. The van der Waals surface area contributed by atoms with Crippen LogP contribution in [-0.2, 0) is 13.0 Å². The van der Waals surface area contributed by atoms with Gasteiger partial charge in [-0.3, -0.25) is 4.90 Å². The van der Waals surface area contributed by atoms with E-state index in [0.29, 0.717) is 12.3 Å². The average Bonchev–Trinajstić information content (AvgIpc) is 3.10. The van der Waals surface area contributed by atoms with E-state index in [2.05, 4.69) is 63.3 Å². The van der Waals surface area contributed by atoms with Crippen molar-refractivity contribution in [3.8, 4) is 0 Å². The number of aryl methyl sites for hydroxylation is 1. The third-order valence-electron chi connectivity index (χ3n) is 4.81. The fraction of sp³-hybridized carbons (Fsp3) is 0.333. The van der Waals surface area contributed by atoms with Crippen LogP contribution in [0.25, 0.3) is 0 Å². The standard InChI is InChI=1S/C21H24N4O/c1-17-6-5-9-19(14-17)25-12-10-24(11-13-25)16-21-22-20(23-26-21)15-18-7-3-2-4-8-18/h2-9,14H,10-13,15-16H2,1H3. The second-order valence-electron chi connectivity index (χ2n) is 6.87. The summed E-state index contributed by atoms with van der Waals surface area (Å²) in [6, 6.07) is 19.0. The lowest BCUT2D eigenvalue weighted by atomic mass is 10.1. The SMILES string of the molecule is Cc1cccc(N2CCN(Cc3nc(Cc4ccccc4)no3)CC2)c1. The Kier molecular flexibility index (Phi) is 4.97. The fourth-order valence-corrected chi connectivity index (χ4v) is 3.38. The van der Waals surface area contributed by atoms with Gasteiger partial charge >= 0.3 is 0 Å². The molecule has 1 aromatic heterocycles. The van der Waals surface area contributed by atoms with Crippen LogP contribution in [0.15, 0.2) is 59.1 Å². The Hall–Kier alpha value is -2.66. The molecule has 134 valence electrons. The van der Waals surface area contributed by atoms with Crippen molar-refractivity contribution in [2.24, 2.45) is 0 Å². The summed E-state index contributed by atoms with van der Waals surface area (Å²) in [7, 11) is 0. The molecule has 0 aliphatic carbocycles. The Morgan fingerprint density at radius 3 is 2.54 bits per heavy atom. The second-order valence-corrected chi connectivity index (χ2v) is 6.87. The highest BCUT2D eigenvalue weighted by Gasteiger charge is 2.19. The van der Waals surface area contributed by atoms with Crippen molar-refractivity contribution in [1.82, 2.24) is 15.0 Å². The number of benzene rings is 2. The summed E-state index contributed by atoms with van der Waals surface area (Å²) >= 11 is 0. The second kappa shape index (κ2) is 7.70. The van der Waals surface area contributed by atoms with Gasteiger partial charge in [-0.15, -0.1) is 0 Å². The maximum atomic E-state index is 5.45. The van der Waals surface area contributed by atoms with E-state index in [4.69, 9.17) is 4.52 Å². The molecule has 0 N–H and O–H groups in total. The molecule has 0 radical (unpaired) electrons. The molecular formula is C21H24N4O. The van der Waals surface area contributed by atoms with Crippen molar-refractivity contribution in [2.45, 2.75) is 19.9 Å². The van der Waals surface area contributed by atoms with Crippen molar-refractivity contribution in [3.05, 3.63) is 77.4 Å². The van der Waals surface area contributed by atoms with Gasteiger partial charge in [-0.05, 0) is 30.2 Å². The molecule has 1 aliphatic heterocycles. The van der Waals surface area contributed by atoms with Gasteiger partial charge in [-0.1, -0.05) is 47.6 Å². The zero-order valence-electron chi connectivity index (χ0n) is 15.1. The van der Waals surface area contributed by atoms with E-state index >= 15 is 0 Å². The molecule has 0 saturated carbocycles. The Morgan fingerprint density at radius 1 is 0.962 bits per heavy atom. The van der Waals surface area contributed by atoms with Crippen LogP contribution in [0, 0.1) is 6.92 Å². The van der Waals surface area contributed by atoms with E-state index in [1.54, 1.807) is 0 Å². The van der Waals surface area contributed by atoms with Gasteiger partial charge in [-0.25, -0.2) is 0 Å². The topological polar surface area (TPSA) is 45.4 Å². The number of hydrogen-bond acceptors (Lipinski definition) is 5. The molecule has 0 amide bonds. The molecule has 26 heavy (non-hydrogen) atoms. The zero-order chi connectivity index (χ0) is 17.8. The summed E-state index contributed by atoms with van der Waals surface area (Å²) in [4.78, 5) is 9.38. The monoisotopic (exact) mass is 348 g/mol. The highest BCUT2D eigenvalue weighted by molar-refractivity contribution is 5.48. The summed E-state index contributed by atoms with van der Waals surface area (Å²) in [5, 5.41) is 4.13. The van der Waals surface area contributed by atoms with E-state index in [-0.39, 0.29) is 0 Å². The first-order valence-electron chi connectivity index (χ1n) is 9.15. The van der Waals surface area contributed by atoms with Gasteiger partial charge in [0.15, 0.2) is 5.82 Å². The minimum Gasteiger partial charge on any atom is -0.369 e. The third-order valence-corrected chi connectivity index (χ3v) is 4.81. The van der Waals surface area contributed by atoms with Gasteiger partial charge in [0.2, 0.25) is 5.89 Å². The molecule has 3 aromatic rings. The van der Waals surface area contributed by atoms with E-state index < -0.39 is 0 Å². The highest BCUT2D eigenvalue weighted by Crippen LogP contribution is 2.18. The van der Waals surface area contributed by atoms with E-state index in [9.17, 15) is 0 Å². The van der Waals surface area contributed by atoms with Gasteiger partial charge in [0.1, 0.15) is 0 Å². The lowest BCUT2D eigenvalue weighted by Crippen LogP contribution is -2.46. The lowest BCUT2D eigenvalue weighted by Gasteiger charge is -2.35. The van der Waals surface area contributed by atoms with Crippen LogP contribution >= 0.6 is 0 Å². The zero-order valence-corrected chi connectivity index (χ0v) is 15.1. The van der Waals surface area contributed by atoms with Crippen molar-refractivity contribution in [3.63, 3.8) is 0 Å². The molecule has 2 heterocycles. The molecule has 0 unspecified atom stereocenters.